The highest BCUT2D eigenvalue weighted by molar-refractivity contribution is 5.76. The van der Waals surface area contributed by atoms with Crippen LogP contribution in [0.25, 0.3) is 0 Å². The Balaban J connectivity index is 4.36. The molecular formula is C14H26O14. The first kappa shape index (κ1) is 26.5. The molecule has 0 aromatic carbocycles. The van der Waals surface area contributed by atoms with Crippen molar-refractivity contribution in [1.29, 1.82) is 0 Å². The molecule has 0 rings (SSSR count). The van der Waals surface area contributed by atoms with Gasteiger partial charge in [-0.15, -0.1) is 0 Å². The Morgan fingerprint density at radius 2 is 0.857 bits per heavy atom. The fourth-order valence-electron chi connectivity index (χ4n) is 1.78. The standard InChI is InChI=1S/C14H26O14/c15-3-5(17)7(19)9(21)11(23)13(25)27-1-2-28-14(26)12(24)10(22)8(20)6(18)4-16/h5-12,15-24H,1-4H2/t5-,6-,7+,8+,9-,10-,11+,12+/m1/s1. The van der Waals surface area contributed by atoms with Gasteiger partial charge >= 0.3 is 11.9 Å². The molecule has 0 amide bonds. The average Bonchev–Trinajstić information content (AvgIpc) is 2.71. The van der Waals surface area contributed by atoms with Crippen LogP contribution in [0.15, 0.2) is 0 Å². The van der Waals surface area contributed by atoms with Gasteiger partial charge in [0.1, 0.15) is 49.8 Å². The van der Waals surface area contributed by atoms with Crippen molar-refractivity contribution in [2.45, 2.75) is 48.8 Å². The second kappa shape index (κ2) is 12.9. The number of carbonyl (C=O) groups excluding carboxylic acids is 2. The number of ether oxygens (including phenoxy) is 2. The van der Waals surface area contributed by atoms with Gasteiger partial charge in [-0.2, -0.15) is 0 Å². The highest BCUT2D eigenvalue weighted by atomic mass is 16.6. The third kappa shape index (κ3) is 7.88. The van der Waals surface area contributed by atoms with Gasteiger partial charge in [-0.05, 0) is 0 Å². The lowest BCUT2D eigenvalue weighted by Crippen LogP contribution is -2.49. The molecule has 0 heterocycles. The maximum atomic E-state index is 11.5. The lowest BCUT2D eigenvalue weighted by molar-refractivity contribution is -0.177. The largest absolute Gasteiger partial charge is 0.460 e. The number of rotatable bonds is 13. The van der Waals surface area contributed by atoms with Crippen molar-refractivity contribution in [3.8, 4) is 0 Å². The van der Waals surface area contributed by atoms with Crippen LogP contribution in [0.4, 0.5) is 0 Å². The van der Waals surface area contributed by atoms with Crippen LogP contribution in [0.1, 0.15) is 0 Å². The summed E-state index contributed by atoms with van der Waals surface area (Å²) in [6, 6.07) is 0. The Bertz CT molecular complexity index is 431. The quantitative estimate of drug-likeness (QED) is 0.0985. The fourth-order valence-corrected chi connectivity index (χ4v) is 1.78. The van der Waals surface area contributed by atoms with E-state index >= 15 is 0 Å². The summed E-state index contributed by atoms with van der Waals surface area (Å²) in [5.74, 6) is -2.93. The molecule has 0 aliphatic carbocycles. The molecule has 28 heavy (non-hydrogen) atoms. The van der Waals surface area contributed by atoms with Crippen LogP contribution in [0.2, 0.25) is 0 Å². The molecule has 0 unspecified atom stereocenters. The van der Waals surface area contributed by atoms with Gasteiger partial charge in [-0.3, -0.25) is 0 Å². The monoisotopic (exact) mass is 418 g/mol. The molecule has 0 fully saturated rings. The molecule has 14 heteroatoms. The van der Waals surface area contributed by atoms with Gasteiger partial charge in [0.15, 0.2) is 12.2 Å². The number of carbonyl (C=O) groups is 2. The Hall–Kier alpha value is -1.46. The van der Waals surface area contributed by atoms with Crippen molar-refractivity contribution in [2.75, 3.05) is 26.4 Å². The number of esters is 2. The molecular weight excluding hydrogens is 392 g/mol. The molecule has 0 aliphatic heterocycles. The van der Waals surface area contributed by atoms with Crippen LogP contribution in [0, 0.1) is 0 Å². The molecule has 0 aliphatic rings. The van der Waals surface area contributed by atoms with Crippen LogP contribution >= 0.6 is 0 Å². The first-order valence-corrected chi connectivity index (χ1v) is 7.99. The second-order valence-electron chi connectivity index (χ2n) is 5.69. The molecule has 0 bridgehead atoms. The van der Waals surface area contributed by atoms with Gasteiger partial charge in [0, 0.05) is 0 Å². The number of aliphatic hydroxyl groups excluding tert-OH is 10. The van der Waals surface area contributed by atoms with E-state index in [2.05, 4.69) is 9.47 Å². The van der Waals surface area contributed by atoms with E-state index in [1.807, 2.05) is 0 Å². The summed E-state index contributed by atoms with van der Waals surface area (Å²) < 4.78 is 8.87. The number of hydrogen-bond acceptors (Lipinski definition) is 14. The van der Waals surface area contributed by atoms with Crippen LogP contribution in [-0.4, -0.2) is 138 Å². The van der Waals surface area contributed by atoms with Gasteiger partial charge in [0.25, 0.3) is 0 Å². The molecule has 0 saturated heterocycles. The predicted octanol–water partition coefficient (Wildman–Crippen LogP) is -7.06. The summed E-state index contributed by atoms with van der Waals surface area (Å²) in [6.45, 7) is -3.27. The molecule has 10 N–H and O–H groups in total. The van der Waals surface area contributed by atoms with Crippen molar-refractivity contribution in [3.05, 3.63) is 0 Å². The van der Waals surface area contributed by atoms with E-state index in [1.165, 1.54) is 0 Å². The van der Waals surface area contributed by atoms with E-state index in [4.69, 9.17) is 20.4 Å². The number of aliphatic hydroxyl groups is 10. The first-order chi connectivity index (χ1) is 13.0. The lowest BCUT2D eigenvalue weighted by atomic mass is 10.0. The minimum Gasteiger partial charge on any atom is -0.460 e. The molecule has 0 spiro atoms. The Morgan fingerprint density at radius 1 is 0.571 bits per heavy atom. The summed E-state index contributed by atoms with van der Waals surface area (Å²) in [5.41, 5.74) is 0. The van der Waals surface area contributed by atoms with Gasteiger partial charge in [0.05, 0.1) is 13.2 Å². The fraction of sp³-hybridized carbons (Fsp3) is 0.857. The zero-order chi connectivity index (χ0) is 22.0. The van der Waals surface area contributed by atoms with E-state index in [1.54, 1.807) is 0 Å². The van der Waals surface area contributed by atoms with E-state index in [0.717, 1.165) is 0 Å². The van der Waals surface area contributed by atoms with Gasteiger partial charge in [-0.1, -0.05) is 0 Å². The average molecular weight is 418 g/mol. The predicted molar refractivity (Wildman–Crippen MR) is 84.1 cm³/mol. The Kier molecular flexibility index (Phi) is 12.2. The van der Waals surface area contributed by atoms with Crippen molar-refractivity contribution >= 4 is 11.9 Å². The van der Waals surface area contributed by atoms with E-state index in [9.17, 15) is 40.2 Å². The molecule has 0 aromatic heterocycles. The summed E-state index contributed by atoms with van der Waals surface area (Å²) in [6.07, 6.45) is -16.7. The second-order valence-corrected chi connectivity index (χ2v) is 5.69. The van der Waals surface area contributed by atoms with E-state index < -0.39 is 87.2 Å². The van der Waals surface area contributed by atoms with Gasteiger partial charge < -0.3 is 60.5 Å². The van der Waals surface area contributed by atoms with Crippen LogP contribution in [0.5, 0.6) is 0 Å². The van der Waals surface area contributed by atoms with Crippen LogP contribution < -0.4 is 0 Å². The SMILES string of the molecule is O=C(OCCOC(=O)[C@@H](O)[C@H](O)[C@@H](O)[C@H](O)CO)[C@@H](O)[C@H](O)[C@@H](O)[C@H](O)CO. The normalized spacial score (nSPS) is 20.2. The van der Waals surface area contributed by atoms with Crippen molar-refractivity contribution in [3.63, 3.8) is 0 Å². The van der Waals surface area contributed by atoms with Gasteiger partial charge in [-0.25, -0.2) is 9.59 Å². The zero-order valence-electron chi connectivity index (χ0n) is 14.6. The minimum absolute atomic E-state index is 0.683. The van der Waals surface area contributed by atoms with E-state index in [-0.39, 0.29) is 0 Å². The lowest BCUT2D eigenvalue weighted by Gasteiger charge is -2.25. The molecule has 8 atom stereocenters. The highest BCUT2D eigenvalue weighted by Gasteiger charge is 2.36. The maximum Gasteiger partial charge on any atom is 0.337 e. The highest BCUT2D eigenvalue weighted by Crippen LogP contribution is 2.08. The van der Waals surface area contributed by atoms with Crippen LogP contribution in [-0.2, 0) is 19.1 Å². The smallest absolute Gasteiger partial charge is 0.337 e. The van der Waals surface area contributed by atoms with Crippen molar-refractivity contribution in [2.24, 2.45) is 0 Å². The topological polar surface area (TPSA) is 255 Å². The van der Waals surface area contributed by atoms with Crippen LogP contribution in [0.3, 0.4) is 0 Å². The molecule has 166 valence electrons. The third-order valence-corrected chi connectivity index (χ3v) is 3.56. The first-order valence-electron chi connectivity index (χ1n) is 7.99. The van der Waals surface area contributed by atoms with E-state index in [0.29, 0.717) is 0 Å². The van der Waals surface area contributed by atoms with Crippen molar-refractivity contribution < 1.29 is 70.1 Å². The zero-order valence-corrected chi connectivity index (χ0v) is 14.6. The maximum absolute atomic E-state index is 11.5. The Labute approximate surface area is 158 Å². The molecule has 0 aromatic rings. The summed E-state index contributed by atoms with van der Waals surface area (Å²) >= 11 is 0. The third-order valence-electron chi connectivity index (χ3n) is 3.56. The van der Waals surface area contributed by atoms with Crippen molar-refractivity contribution in [1.82, 2.24) is 0 Å². The summed E-state index contributed by atoms with van der Waals surface area (Å²) in [5, 5.41) is 92.1. The Morgan fingerprint density at radius 3 is 1.11 bits per heavy atom. The van der Waals surface area contributed by atoms with Gasteiger partial charge in [0.2, 0.25) is 0 Å². The molecule has 0 radical (unpaired) electrons. The molecule has 14 nitrogen and oxygen atoms in total. The number of hydrogen-bond donors (Lipinski definition) is 10. The minimum atomic E-state index is -2.30. The summed E-state index contributed by atoms with van der Waals surface area (Å²) in [4.78, 5) is 23.0. The summed E-state index contributed by atoms with van der Waals surface area (Å²) in [7, 11) is 0. The molecule has 0 saturated carbocycles.